The number of nitro benzene ring substituents is 1. The standard InChI is InChI=1S/C22H16N4O5/c27-18-10-9-14-11-19(21(28)23-16-7-4-8-17(12-16)26(29)30)22(31-20(14)13-18)25-24-15-5-2-1-3-6-15/h1-13,24,27H,(H,23,28)/b25-22+. The lowest BCUT2D eigenvalue weighted by Crippen LogP contribution is -2.22. The summed E-state index contributed by atoms with van der Waals surface area (Å²) in [5, 5.41) is 28.1. The Balaban J connectivity index is 1.75. The first kappa shape index (κ1) is 19.6. The Hall–Kier alpha value is -4.66. The number of carbonyl (C=O) groups excluding carboxylic acids is 1. The summed E-state index contributed by atoms with van der Waals surface area (Å²) >= 11 is 0. The van der Waals surface area contributed by atoms with Gasteiger partial charge in [0.05, 0.1) is 10.6 Å². The number of hydrogen-bond donors (Lipinski definition) is 3. The molecule has 0 spiro atoms. The number of fused-ring (bicyclic) bond motifs is 1. The lowest BCUT2D eigenvalue weighted by atomic mass is 10.1. The van der Waals surface area contributed by atoms with Crippen molar-refractivity contribution in [3.8, 4) is 5.75 Å². The number of nitrogens with zero attached hydrogens (tertiary/aromatic N) is 2. The number of rotatable bonds is 5. The van der Waals surface area contributed by atoms with Crippen molar-refractivity contribution in [1.82, 2.24) is 0 Å². The van der Waals surface area contributed by atoms with Gasteiger partial charge in [-0.3, -0.25) is 20.3 Å². The minimum absolute atomic E-state index is 0.00650. The molecule has 3 aromatic carbocycles. The first-order chi connectivity index (χ1) is 15.0. The summed E-state index contributed by atoms with van der Waals surface area (Å²) in [4.78, 5) is 23.4. The van der Waals surface area contributed by atoms with Crippen LogP contribution in [0.4, 0.5) is 17.1 Å². The number of nitro groups is 1. The molecule has 0 unspecified atom stereocenters. The first-order valence-electron chi connectivity index (χ1n) is 9.17. The van der Waals surface area contributed by atoms with Gasteiger partial charge >= 0.3 is 0 Å². The minimum atomic E-state index is -0.562. The number of carbonyl (C=O) groups is 1. The fourth-order valence-electron chi connectivity index (χ4n) is 2.88. The van der Waals surface area contributed by atoms with Gasteiger partial charge in [0.25, 0.3) is 11.6 Å². The van der Waals surface area contributed by atoms with E-state index in [0.29, 0.717) is 16.7 Å². The Labute approximate surface area is 175 Å². The highest BCUT2D eigenvalue weighted by molar-refractivity contribution is 6.05. The zero-order chi connectivity index (χ0) is 21.8. The molecule has 0 atom stereocenters. The van der Waals surface area contributed by atoms with Crippen LogP contribution >= 0.6 is 0 Å². The number of nitrogens with one attached hydrogen (secondary N) is 2. The molecule has 0 fully saturated rings. The average molecular weight is 416 g/mol. The molecule has 9 heteroatoms. The summed E-state index contributed by atoms with van der Waals surface area (Å²) in [7, 11) is 0. The van der Waals surface area contributed by atoms with E-state index in [1.54, 1.807) is 30.3 Å². The van der Waals surface area contributed by atoms with Crippen LogP contribution in [0.15, 0.2) is 88.4 Å². The van der Waals surface area contributed by atoms with Gasteiger partial charge in [0.1, 0.15) is 16.9 Å². The Morgan fingerprint density at radius 3 is 2.52 bits per heavy atom. The van der Waals surface area contributed by atoms with Gasteiger partial charge in [0, 0.05) is 29.3 Å². The minimum Gasteiger partial charge on any atom is -0.508 e. The van der Waals surface area contributed by atoms with E-state index in [-0.39, 0.29) is 28.2 Å². The van der Waals surface area contributed by atoms with Crippen LogP contribution in [0.2, 0.25) is 0 Å². The molecule has 0 bridgehead atoms. The van der Waals surface area contributed by atoms with E-state index in [1.165, 1.54) is 30.3 Å². The SMILES string of the molecule is O=C(Nc1cccc([N+](=O)[O-])c1)c1cc2ccc(O)cc2o/c1=N/Nc1ccccc1. The third-order valence-electron chi connectivity index (χ3n) is 4.35. The number of benzene rings is 3. The lowest BCUT2D eigenvalue weighted by Gasteiger charge is -2.07. The number of hydrogen-bond acceptors (Lipinski definition) is 7. The largest absolute Gasteiger partial charge is 0.508 e. The average Bonchev–Trinajstić information content (AvgIpc) is 2.77. The molecule has 1 amide bonds. The van der Waals surface area contributed by atoms with Gasteiger partial charge in [-0.15, -0.1) is 5.10 Å². The molecule has 4 rings (SSSR count). The van der Waals surface area contributed by atoms with E-state index in [4.69, 9.17) is 4.42 Å². The molecular weight excluding hydrogens is 400 g/mol. The molecule has 0 radical (unpaired) electrons. The number of amides is 1. The molecule has 4 aromatic rings. The summed E-state index contributed by atoms with van der Waals surface area (Å²) in [6.07, 6.45) is 0. The van der Waals surface area contributed by atoms with Gasteiger partial charge in [-0.05, 0) is 36.4 Å². The Kier molecular flexibility index (Phi) is 5.31. The number of non-ortho nitro benzene ring substituents is 1. The van der Waals surface area contributed by atoms with Crippen LogP contribution in [0.1, 0.15) is 10.4 Å². The lowest BCUT2D eigenvalue weighted by molar-refractivity contribution is -0.384. The maximum Gasteiger partial charge on any atom is 0.271 e. The molecule has 1 aromatic heterocycles. The number of anilines is 2. The Bertz CT molecular complexity index is 1350. The topological polar surface area (TPSA) is 130 Å². The molecular formula is C22H16N4O5. The van der Waals surface area contributed by atoms with Crippen molar-refractivity contribution in [3.05, 3.63) is 100 Å². The van der Waals surface area contributed by atoms with E-state index < -0.39 is 10.8 Å². The van der Waals surface area contributed by atoms with Crippen LogP contribution in [0, 0.1) is 10.1 Å². The molecule has 154 valence electrons. The van der Waals surface area contributed by atoms with Gasteiger partial charge in [-0.2, -0.15) is 0 Å². The fraction of sp³-hybridized carbons (Fsp3) is 0. The van der Waals surface area contributed by atoms with Gasteiger partial charge in [-0.1, -0.05) is 24.3 Å². The Morgan fingerprint density at radius 1 is 0.968 bits per heavy atom. The van der Waals surface area contributed by atoms with Crippen LogP contribution < -0.4 is 16.3 Å². The van der Waals surface area contributed by atoms with Gasteiger partial charge in [-0.25, -0.2) is 0 Å². The number of phenols is 1. The van der Waals surface area contributed by atoms with Crippen LogP contribution in [-0.2, 0) is 0 Å². The van der Waals surface area contributed by atoms with E-state index in [1.807, 2.05) is 18.2 Å². The molecule has 0 aliphatic rings. The second kappa shape index (κ2) is 8.37. The van der Waals surface area contributed by atoms with Gasteiger partial charge < -0.3 is 14.8 Å². The second-order valence-electron chi connectivity index (χ2n) is 6.54. The molecule has 31 heavy (non-hydrogen) atoms. The highest BCUT2D eigenvalue weighted by Gasteiger charge is 2.15. The summed E-state index contributed by atoms with van der Waals surface area (Å²) in [6.45, 7) is 0. The summed E-state index contributed by atoms with van der Waals surface area (Å²) in [5.74, 6) is -0.556. The predicted molar refractivity (Wildman–Crippen MR) is 115 cm³/mol. The summed E-state index contributed by atoms with van der Waals surface area (Å²) in [6, 6.07) is 20.7. The molecule has 0 aliphatic heterocycles. The van der Waals surface area contributed by atoms with Crippen molar-refractivity contribution in [3.63, 3.8) is 0 Å². The monoisotopic (exact) mass is 416 g/mol. The summed E-state index contributed by atoms with van der Waals surface area (Å²) in [5.41, 5.74) is 4.03. The molecule has 0 saturated heterocycles. The van der Waals surface area contributed by atoms with Crippen molar-refractivity contribution in [2.24, 2.45) is 5.10 Å². The fourth-order valence-corrected chi connectivity index (χ4v) is 2.88. The van der Waals surface area contributed by atoms with Crippen molar-refractivity contribution in [2.75, 3.05) is 10.7 Å². The highest BCUT2D eigenvalue weighted by Crippen LogP contribution is 2.21. The van der Waals surface area contributed by atoms with E-state index in [2.05, 4.69) is 15.8 Å². The highest BCUT2D eigenvalue weighted by atomic mass is 16.6. The van der Waals surface area contributed by atoms with Gasteiger partial charge in [0.15, 0.2) is 0 Å². The quantitative estimate of drug-likeness (QED) is 0.330. The van der Waals surface area contributed by atoms with E-state index in [0.717, 1.165) is 0 Å². The Morgan fingerprint density at radius 2 is 1.74 bits per heavy atom. The maximum absolute atomic E-state index is 13.0. The number of phenolic OH excluding ortho intramolecular Hbond substituents is 1. The maximum atomic E-state index is 13.0. The zero-order valence-electron chi connectivity index (χ0n) is 16.0. The number of aromatic hydroxyl groups is 1. The third kappa shape index (κ3) is 4.51. The zero-order valence-corrected chi connectivity index (χ0v) is 16.0. The smallest absolute Gasteiger partial charge is 0.271 e. The van der Waals surface area contributed by atoms with Crippen LogP contribution in [0.3, 0.4) is 0 Å². The predicted octanol–water partition coefficient (Wildman–Crippen LogP) is 4.23. The van der Waals surface area contributed by atoms with Crippen molar-refractivity contribution >= 4 is 33.9 Å². The van der Waals surface area contributed by atoms with Crippen LogP contribution in [0.25, 0.3) is 11.0 Å². The molecule has 3 N–H and O–H groups in total. The van der Waals surface area contributed by atoms with Gasteiger partial charge in [0.2, 0.25) is 5.55 Å². The van der Waals surface area contributed by atoms with E-state index >= 15 is 0 Å². The summed E-state index contributed by atoms with van der Waals surface area (Å²) < 4.78 is 5.76. The first-order valence-corrected chi connectivity index (χ1v) is 9.17. The van der Waals surface area contributed by atoms with Crippen molar-refractivity contribution in [1.29, 1.82) is 0 Å². The number of para-hydroxylation sites is 1. The van der Waals surface area contributed by atoms with Crippen LogP contribution in [0.5, 0.6) is 5.75 Å². The van der Waals surface area contributed by atoms with Crippen molar-refractivity contribution < 1.29 is 19.2 Å². The van der Waals surface area contributed by atoms with Crippen molar-refractivity contribution in [2.45, 2.75) is 0 Å². The second-order valence-corrected chi connectivity index (χ2v) is 6.54. The molecule has 1 heterocycles. The molecule has 0 aliphatic carbocycles. The normalized spacial score (nSPS) is 11.3. The van der Waals surface area contributed by atoms with Crippen LogP contribution in [-0.4, -0.2) is 15.9 Å². The third-order valence-corrected chi connectivity index (χ3v) is 4.35. The molecule has 0 saturated carbocycles. The molecule has 9 nitrogen and oxygen atoms in total. The van der Waals surface area contributed by atoms with E-state index in [9.17, 15) is 20.0 Å².